The summed E-state index contributed by atoms with van der Waals surface area (Å²) >= 11 is 0. The summed E-state index contributed by atoms with van der Waals surface area (Å²) < 4.78 is 58.4. The Balaban J connectivity index is 1.51. The number of aromatic nitrogens is 3. The zero-order valence-corrected chi connectivity index (χ0v) is 16.7. The van der Waals surface area contributed by atoms with Crippen molar-refractivity contribution in [1.29, 1.82) is 0 Å². The Hall–Kier alpha value is -3.56. The second kappa shape index (κ2) is 8.89. The van der Waals surface area contributed by atoms with E-state index in [-0.39, 0.29) is 29.4 Å². The molecule has 1 aliphatic rings. The molecule has 3 heterocycles. The van der Waals surface area contributed by atoms with Gasteiger partial charge < -0.3 is 9.64 Å². The predicted molar refractivity (Wildman–Crippen MR) is 106 cm³/mol. The monoisotopic (exact) mass is 446 g/mol. The topological polar surface area (TPSA) is 68.2 Å². The van der Waals surface area contributed by atoms with Crippen molar-refractivity contribution in [2.45, 2.75) is 25.1 Å². The van der Waals surface area contributed by atoms with Crippen molar-refractivity contribution in [2.24, 2.45) is 0 Å². The van der Waals surface area contributed by atoms with Gasteiger partial charge >= 0.3 is 6.18 Å². The number of carbonyl (C=O) groups excluding carboxylic acids is 1. The van der Waals surface area contributed by atoms with Gasteiger partial charge in [0.15, 0.2) is 5.82 Å². The van der Waals surface area contributed by atoms with Crippen LogP contribution in [-0.2, 0) is 6.18 Å². The fourth-order valence-corrected chi connectivity index (χ4v) is 3.54. The van der Waals surface area contributed by atoms with Crippen LogP contribution in [0.4, 0.5) is 17.6 Å². The Bertz CT molecular complexity index is 1090. The van der Waals surface area contributed by atoms with Gasteiger partial charge in [-0.2, -0.15) is 13.2 Å². The van der Waals surface area contributed by atoms with Crippen LogP contribution < -0.4 is 4.74 Å². The zero-order chi connectivity index (χ0) is 22.7. The van der Waals surface area contributed by atoms with Crippen LogP contribution in [0.3, 0.4) is 0 Å². The molecule has 1 fully saturated rings. The Morgan fingerprint density at radius 2 is 1.84 bits per heavy atom. The number of carbonyl (C=O) groups is 1. The van der Waals surface area contributed by atoms with Crippen LogP contribution >= 0.6 is 0 Å². The molecule has 6 nitrogen and oxygen atoms in total. The summed E-state index contributed by atoms with van der Waals surface area (Å²) in [5, 5.41) is 0. The molecule has 32 heavy (non-hydrogen) atoms. The maximum atomic E-state index is 14.6. The number of pyridine rings is 1. The lowest BCUT2D eigenvalue weighted by molar-refractivity contribution is -0.137. The van der Waals surface area contributed by atoms with E-state index in [1.54, 1.807) is 6.07 Å². The van der Waals surface area contributed by atoms with Crippen molar-refractivity contribution < 1.29 is 27.1 Å². The minimum Gasteiger partial charge on any atom is -0.472 e. The van der Waals surface area contributed by atoms with Gasteiger partial charge in [-0.05, 0) is 37.1 Å². The first-order valence-corrected chi connectivity index (χ1v) is 9.88. The number of benzene rings is 1. The molecule has 1 saturated heterocycles. The lowest BCUT2D eigenvalue weighted by Crippen LogP contribution is -2.44. The number of halogens is 4. The van der Waals surface area contributed by atoms with Crippen molar-refractivity contribution in [3.63, 3.8) is 0 Å². The molecule has 4 rings (SSSR count). The van der Waals surface area contributed by atoms with Gasteiger partial charge in [-0.1, -0.05) is 6.07 Å². The van der Waals surface area contributed by atoms with E-state index in [9.17, 15) is 22.4 Å². The molecule has 0 aliphatic carbocycles. The molecule has 0 saturated carbocycles. The summed E-state index contributed by atoms with van der Waals surface area (Å²) in [5.41, 5.74) is -0.720. The minimum absolute atomic E-state index is 0.0190. The predicted octanol–water partition coefficient (Wildman–Crippen LogP) is 4.38. The lowest BCUT2D eigenvalue weighted by atomic mass is 10.0. The molecular weight excluding hydrogens is 428 g/mol. The van der Waals surface area contributed by atoms with Crippen LogP contribution in [0.1, 0.15) is 28.8 Å². The highest BCUT2D eigenvalue weighted by Gasteiger charge is 2.32. The summed E-state index contributed by atoms with van der Waals surface area (Å²) in [5.74, 6) is -0.865. The van der Waals surface area contributed by atoms with Crippen molar-refractivity contribution in [2.75, 3.05) is 13.1 Å². The molecule has 1 aromatic carbocycles. The first-order chi connectivity index (χ1) is 15.3. The Morgan fingerprint density at radius 1 is 1.06 bits per heavy atom. The third-order valence-electron chi connectivity index (χ3n) is 5.05. The normalized spacial score (nSPS) is 16.6. The average Bonchev–Trinajstić information content (AvgIpc) is 2.79. The van der Waals surface area contributed by atoms with Crippen LogP contribution in [-0.4, -0.2) is 45.0 Å². The lowest BCUT2D eigenvalue weighted by Gasteiger charge is -2.33. The molecule has 1 aliphatic heterocycles. The number of likely N-dealkylation sites (tertiary alicyclic amines) is 1. The Kier molecular flexibility index (Phi) is 6.02. The maximum Gasteiger partial charge on any atom is 0.417 e. The number of hydrogen-bond acceptors (Lipinski definition) is 5. The van der Waals surface area contributed by atoms with Gasteiger partial charge in [0.1, 0.15) is 11.9 Å². The number of rotatable bonds is 4. The Labute approximate surface area is 180 Å². The van der Waals surface area contributed by atoms with Gasteiger partial charge in [0.2, 0.25) is 5.88 Å². The maximum absolute atomic E-state index is 14.6. The molecule has 166 valence electrons. The van der Waals surface area contributed by atoms with Gasteiger partial charge in [0, 0.05) is 31.2 Å². The first-order valence-electron chi connectivity index (χ1n) is 9.88. The van der Waals surface area contributed by atoms with Crippen LogP contribution in [0.15, 0.2) is 55.0 Å². The number of nitrogens with zero attached hydrogens (tertiary/aromatic N) is 4. The van der Waals surface area contributed by atoms with Gasteiger partial charge in [-0.15, -0.1) is 0 Å². The average molecular weight is 446 g/mol. The van der Waals surface area contributed by atoms with E-state index in [1.807, 2.05) is 0 Å². The summed E-state index contributed by atoms with van der Waals surface area (Å²) in [7, 11) is 0. The molecule has 1 atom stereocenters. The number of piperidine rings is 1. The van der Waals surface area contributed by atoms with E-state index in [4.69, 9.17) is 4.74 Å². The number of alkyl halides is 3. The molecule has 0 N–H and O–H groups in total. The number of hydrogen-bond donors (Lipinski definition) is 0. The fraction of sp³-hybridized carbons (Fsp3) is 0.273. The van der Waals surface area contributed by atoms with E-state index >= 15 is 0 Å². The van der Waals surface area contributed by atoms with Gasteiger partial charge in [0.25, 0.3) is 5.91 Å². The fourth-order valence-electron chi connectivity index (χ4n) is 3.54. The van der Waals surface area contributed by atoms with E-state index in [0.29, 0.717) is 25.6 Å². The highest BCUT2D eigenvalue weighted by molar-refractivity contribution is 6.00. The van der Waals surface area contributed by atoms with Gasteiger partial charge in [0.05, 0.1) is 23.2 Å². The molecule has 0 spiro atoms. The third-order valence-corrected chi connectivity index (χ3v) is 5.05. The summed E-state index contributed by atoms with van der Waals surface area (Å²) in [6.45, 7) is 0.623. The molecule has 0 bridgehead atoms. The Morgan fingerprint density at radius 3 is 2.53 bits per heavy atom. The van der Waals surface area contributed by atoms with E-state index in [0.717, 1.165) is 12.1 Å². The zero-order valence-electron chi connectivity index (χ0n) is 16.7. The largest absolute Gasteiger partial charge is 0.472 e. The third kappa shape index (κ3) is 4.68. The van der Waals surface area contributed by atoms with Crippen molar-refractivity contribution in [3.8, 4) is 17.3 Å². The molecule has 1 amide bonds. The minimum atomic E-state index is -4.48. The SMILES string of the molecule is O=C(c1cccc(F)c1-c1ncccn1)N1CCC[C@@H](Oc2ccc(C(F)(F)F)cn2)C1. The number of amides is 1. The standard InChI is InChI=1S/C22H18F4N4O2/c23-17-6-1-5-16(19(17)20-27-9-3-10-28-20)21(31)30-11-2-4-15(13-30)32-18-8-7-14(12-29-18)22(24,25)26/h1,3,5-10,12,15H,2,4,11,13H2/t15-/m1/s1. The smallest absolute Gasteiger partial charge is 0.417 e. The van der Waals surface area contributed by atoms with Crippen molar-refractivity contribution in [1.82, 2.24) is 19.9 Å². The highest BCUT2D eigenvalue weighted by Crippen LogP contribution is 2.30. The summed E-state index contributed by atoms with van der Waals surface area (Å²) in [6.07, 6.45) is -0.0873. The van der Waals surface area contributed by atoms with E-state index in [2.05, 4.69) is 15.0 Å². The van der Waals surface area contributed by atoms with Gasteiger partial charge in [-0.3, -0.25) is 4.79 Å². The van der Waals surface area contributed by atoms with Crippen molar-refractivity contribution >= 4 is 5.91 Å². The highest BCUT2D eigenvalue weighted by atomic mass is 19.4. The molecular formula is C22H18F4N4O2. The van der Waals surface area contributed by atoms with Crippen molar-refractivity contribution in [3.05, 3.63) is 71.9 Å². The summed E-state index contributed by atoms with van der Waals surface area (Å²) in [6, 6.07) is 7.83. The quantitative estimate of drug-likeness (QED) is 0.557. The van der Waals surface area contributed by atoms with E-state index in [1.165, 1.54) is 35.5 Å². The van der Waals surface area contributed by atoms with Crippen LogP contribution in [0.2, 0.25) is 0 Å². The first kappa shape index (κ1) is 21.7. The van der Waals surface area contributed by atoms with Crippen LogP contribution in [0.5, 0.6) is 5.88 Å². The van der Waals surface area contributed by atoms with Crippen LogP contribution in [0.25, 0.3) is 11.4 Å². The molecule has 2 aromatic heterocycles. The molecule has 10 heteroatoms. The van der Waals surface area contributed by atoms with Gasteiger partial charge in [-0.25, -0.2) is 19.3 Å². The molecule has 3 aromatic rings. The van der Waals surface area contributed by atoms with E-state index < -0.39 is 29.6 Å². The van der Waals surface area contributed by atoms with Crippen LogP contribution in [0, 0.1) is 5.82 Å². The molecule has 0 unspecified atom stereocenters. The summed E-state index contributed by atoms with van der Waals surface area (Å²) in [4.78, 5) is 26.6. The molecule has 0 radical (unpaired) electrons. The second-order valence-electron chi connectivity index (χ2n) is 7.25. The number of ether oxygens (including phenoxy) is 1. The second-order valence-corrected chi connectivity index (χ2v) is 7.25.